The average Bonchev–Trinajstić information content (AvgIpc) is 3.22. The fourth-order valence-electron chi connectivity index (χ4n) is 2.54. The van der Waals surface area contributed by atoms with Crippen molar-refractivity contribution in [2.24, 2.45) is 0 Å². The molecule has 3 rings (SSSR count). The van der Waals surface area contributed by atoms with Crippen LogP contribution in [0.1, 0.15) is 26.6 Å². The number of nitrogens with one attached hydrogen (secondary N) is 2. The largest absolute Gasteiger partial charge is 0.350 e. The number of aryl methyl sites for hydroxylation is 1. The molecular formula is C19H17N5O5. The standard InChI is InChI=1S/C19H17N5O5/c1-12-5-2-3-8-15(12)17(25)20-9-10-21-18(26)19-22-16(23-29-19)13-6-4-7-14(11-13)24(27)28/h2-8,11H,9-10H2,1H3,(H,20,25)(H,21,26). The predicted molar refractivity (Wildman–Crippen MR) is 102 cm³/mol. The Labute approximate surface area is 165 Å². The van der Waals surface area contributed by atoms with Gasteiger partial charge in [0.1, 0.15) is 0 Å². The maximum absolute atomic E-state index is 12.1. The van der Waals surface area contributed by atoms with Crippen molar-refractivity contribution in [1.29, 1.82) is 0 Å². The van der Waals surface area contributed by atoms with E-state index in [4.69, 9.17) is 4.52 Å². The molecule has 10 heteroatoms. The first-order chi connectivity index (χ1) is 14.0. The van der Waals surface area contributed by atoms with E-state index in [2.05, 4.69) is 20.8 Å². The van der Waals surface area contributed by atoms with Gasteiger partial charge >= 0.3 is 11.8 Å². The SMILES string of the molecule is Cc1ccccc1C(=O)NCCNC(=O)c1nc(-c2cccc([N+](=O)[O-])c2)no1. The fourth-order valence-corrected chi connectivity index (χ4v) is 2.54. The molecule has 0 radical (unpaired) electrons. The zero-order valence-corrected chi connectivity index (χ0v) is 15.4. The molecule has 0 unspecified atom stereocenters. The van der Waals surface area contributed by atoms with Gasteiger partial charge in [-0.1, -0.05) is 35.5 Å². The Hall–Kier alpha value is -4.08. The summed E-state index contributed by atoms with van der Waals surface area (Å²) >= 11 is 0. The number of hydrogen-bond acceptors (Lipinski definition) is 7. The number of amides is 2. The van der Waals surface area contributed by atoms with Crippen LogP contribution >= 0.6 is 0 Å². The van der Waals surface area contributed by atoms with E-state index in [9.17, 15) is 19.7 Å². The van der Waals surface area contributed by atoms with E-state index in [1.807, 2.05) is 19.1 Å². The molecule has 0 fully saturated rings. The molecule has 2 amide bonds. The highest BCUT2D eigenvalue weighted by Gasteiger charge is 2.17. The summed E-state index contributed by atoms with van der Waals surface area (Å²) in [5.41, 5.74) is 1.65. The van der Waals surface area contributed by atoms with Gasteiger partial charge in [-0.2, -0.15) is 4.98 Å². The van der Waals surface area contributed by atoms with Gasteiger partial charge in [-0.05, 0) is 18.6 Å². The van der Waals surface area contributed by atoms with Gasteiger partial charge in [0.05, 0.1) is 4.92 Å². The molecule has 1 aromatic heterocycles. The summed E-state index contributed by atoms with van der Waals surface area (Å²) in [5, 5.41) is 19.8. The lowest BCUT2D eigenvalue weighted by atomic mass is 10.1. The lowest BCUT2D eigenvalue weighted by Gasteiger charge is -2.07. The highest BCUT2D eigenvalue weighted by atomic mass is 16.6. The quantitative estimate of drug-likeness (QED) is 0.355. The Kier molecular flexibility index (Phi) is 5.93. The fraction of sp³-hybridized carbons (Fsp3) is 0.158. The second-order valence-electron chi connectivity index (χ2n) is 6.06. The van der Waals surface area contributed by atoms with Crippen LogP contribution in [0.15, 0.2) is 53.1 Å². The molecule has 0 aliphatic heterocycles. The molecule has 0 aliphatic rings. The van der Waals surface area contributed by atoms with Crippen molar-refractivity contribution in [1.82, 2.24) is 20.8 Å². The Bertz CT molecular complexity index is 1060. The minimum absolute atomic E-state index is 0.0618. The van der Waals surface area contributed by atoms with Gasteiger partial charge in [-0.25, -0.2) is 0 Å². The zero-order chi connectivity index (χ0) is 20.8. The number of carbonyl (C=O) groups excluding carboxylic acids is 2. The van der Waals surface area contributed by atoms with Crippen LogP contribution in [0, 0.1) is 17.0 Å². The van der Waals surface area contributed by atoms with E-state index >= 15 is 0 Å². The lowest BCUT2D eigenvalue weighted by Crippen LogP contribution is -2.35. The van der Waals surface area contributed by atoms with Crippen LogP contribution in [0.3, 0.4) is 0 Å². The summed E-state index contributed by atoms with van der Waals surface area (Å²) in [5.74, 6) is -1.06. The molecule has 2 aromatic carbocycles. The van der Waals surface area contributed by atoms with E-state index < -0.39 is 10.8 Å². The Morgan fingerprint density at radius 3 is 2.52 bits per heavy atom. The number of non-ortho nitro benzene ring substituents is 1. The van der Waals surface area contributed by atoms with E-state index in [1.165, 1.54) is 18.2 Å². The molecule has 1 heterocycles. The molecule has 0 aliphatic carbocycles. The third-order valence-electron chi connectivity index (χ3n) is 4.02. The van der Waals surface area contributed by atoms with Crippen molar-refractivity contribution >= 4 is 17.5 Å². The van der Waals surface area contributed by atoms with Crippen LogP contribution in [0.5, 0.6) is 0 Å². The number of carbonyl (C=O) groups is 2. The molecule has 2 N–H and O–H groups in total. The summed E-state index contributed by atoms with van der Waals surface area (Å²) in [7, 11) is 0. The minimum Gasteiger partial charge on any atom is -0.350 e. The molecule has 10 nitrogen and oxygen atoms in total. The second kappa shape index (κ2) is 8.74. The Morgan fingerprint density at radius 2 is 1.79 bits per heavy atom. The number of nitro groups is 1. The van der Waals surface area contributed by atoms with Crippen molar-refractivity contribution in [2.45, 2.75) is 6.92 Å². The normalized spacial score (nSPS) is 10.4. The van der Waals surface area contributed by atoms with Crippen molar-refractivity contribution in [3.05, 3.63) is 75.7 Å². The highest BCUT2D eigenvalue weighted by Crippen LogP contribution is 2.21. The van der Waals surface area contributed by atoms with Gasteiger partial charge in [-0.15, -0.1) is 0 Å². The second-order valence-corrected chi connectivity index (χ2v) is 6.06. The Morgan fingerprint density at radius 1 is 1.07 bits per heavy atom. The van der Waals surface area contributed by atoms with Crippen molar-refractivity contribution in [3.8, 4) is 11.4 Å². The lowest BCUT2D eigenvalue weighted by molar-refractivity contribution is -0.384. The molecule has 0 saturated carbocycles. The third-order valence-corrected chi connectivity index (χ3v) is 4.02. The molecule has 0 bridgehead atoms. The first-order valence-electron chi connectivity index (χ1n) is 8.66. The molecule has 3 aromatic rings. The number of hydrogen-bond donors (Lipinski definition) is 2. The third kappa shape index (κ3) is 4.80. The topological polar surface area (TPSA) is 140 Å². The summed E-state index contributed by atoms with van der Waals surface area (Å²) in [6.07, 6.45) is 0. The first kappa shape index (κ1) is 19.7. The van der Waals surface area contributed by atoms with Crippen LogP contribution in [0.25, 0.3) is 11.4 Å². The van der Waals surface area contributed by atoms with Gasteiger partial charge in [-0.3, -0.25) is 19.7 Å². The van der Waals surface area contributed by atoms with Crippen molar-refractivity contribution < 1.29 is 19.0 Å². The predicted octanol–water partition coefficient (Wildman–Crippen LogP) is 2.11. The van der Waals surface area contributed by atoms with Crippen LogP contribution in [-0.4, -0.2) is 40.0 Å². The van der Waals surface area contributed by atoms with Crippen molar-refractivity contribution in [2.75, 3.05) is 13.1 Å². The van der Waals surface area contributed by atoms with Gasteiger partial charge in [0.2, 0.25) is 5.82 Å². The number of aromatic nitrogens is 2. The van der Waals surface area contributed by atoms with E-state index in [1.54, 1.807) is 18.2 Å². The number of nitrogens with zero attached hydrogens (tertiary/aromatic N) is 3. The number of nitro benzene ring substituents is 1. The summed E-state index contributed by atoms with van der Waals surface area (Å²) < 4.78 is 4.91. The van der Waals surface area contributed by atoms with Crippen LogP contribution in [0.4, 0.5) is 5.69 Å². The van der Waals surface area contributed by atoms with E-state index in [0.29, 0.717) is 11.1 Å². The monoisotopic (exact) mass is 395 g/mol. The van der Waals surface area contributed by atoms with Gasteiger partial charge in [0, 0.05) is 36.3 Å². The zero-order valence-electron chi connectivity index (χ0n) is 15.4. The summed E-state index contributed by atoms with van der Waals surface area (Å²) in [4.78, 5) is 38.5. The van der Waals surface area contributed by atoms with Crippen LogP contribution in [0.2, 0.25) is 0 Å². The summed E-state index contributed by atoms with van der Waals surface area (Å²) in [6, 6.07) is 12.9. The molecule has 0 saturated heterocycles. The first-order valence-corrected chi connectivity index (χ1v) is 8.66. The Balaban J connectivity index is 1.53. The van der Waals surface area contributed by atoms with E-state index in [-0.39, 0.29) is 36.4 Å². The maximum atomic E-state index is 12.1. The highest BCUT2D eigenvalue weighted by molar-refractivity contribution is 5.95. The van der Waals surface area contributed by atoms with Gasteiger partial charge < -0.3 is 15.2 Å². The number of rotatable bonds is 7. The maximum Gasteiger partial charge on any atom is 0.316 e. The molecular weight excluding hydrogens is 378 g/mol. The number of benzene rings is 2. The average molecular weight is 395 g/mol. The molecule has 29 heavy (non-hydrogen) atoms. The minimum atomic E-state index is -0.612. The molecule has 0 spiro atoms. The summed E-state index contributed by atoms with van der Waals surface area (Å²) in [6.45, 7) is 2.21. The van der Waals surface area contributed by atoms with Gasteiger partial charge in [0.15, 0.2) is 0 Å². The molecule has 148 valence electrons. The van der Waals surface area contributed by atoms with Crippen LogP contribution in [-0.2, 0) is 0 Å². The smallest absolute Gasteiger partial charge is 0.316 e. The molecule has 0 atom stereocenters. The van der Waals surface area contributed by atoms with Crippen molar-refractivity contribution in [3.63, 3.8) is 0 Å². The van der Waals surface area contributed by atoms with Gasteiger partial charge in [0.25, 0.3) is 11.6 Å². The van der Waals surface area contributed by atoms with E-state index in [0.717, 1.165) is 5.56 Å². The van der Waals surface area contributed by atoms with Crippen LogP contribution < -0.4 is 10.6 Å².